The van der Waals surface area contributed by atoms with Gasteiger partial charge in [-0.1, -0.05) is 0 Å². The molecule has 0 aliphatic carbocycles. The minimum absolute atomic E-state index is 0. The fraction of sp³-hybridized carbons (Fsp3) is 0. The largest absolute Gasteiger partial charge is 3.00 e. The molecule has 0 heterocycles. The molecule has 0 fully saturated rings. The molecule has 0 rings (SSSR count). The van der Waals surface area contributed by atoms with E-state index in [9.17, 15) is 0 Å². The van der Waals surface area contributed by atoms with Gasteiger partial charge in [0.05, 0.1) is 0 Å². The maximum atomic E-state index is 0. The van der Waals surface area contributed by atoms with Crippen molar-refractivity contribution >= 4 is 0 Å². The zero-order valence-electron chi connectivity index (χ0n) is 7.54. The fourth-order valence-corrected chi connectivity index (χ4v) is 0. The Hall–Kier alpha value is 5.64. The van der Waals surface area contributed by atoms with Gasteiger partial charge in [-0.25, -0.2) is 0 Å². The summed E-state index contributed by atoms with van der Waals surface area (Å²) in [4.78, 5) is 0. The van der Waals surface area contributed by atoms with Crippen LogP contribution in [-0.2, 0) is 163 Å². The minimum Gasteiger partial charge on any atom is -2.00 e. The zero-order chi connectivity index (χ0) is 0. The predicted octanol–water partition coefficient (Wildman–Crippen LogP) is -1.32. The SMILES string of the molecule is [Nd+3].[Nd+3].[O-2].[O-2].[O-2].[O-2].[O-2].[O-2].[O-2].[O-2].[O-2].[O-2].[O-2].[V].[V].[Y+3].[Y+3]. The molecule has 100 valence electrons. The molecular weight excluding hydrogens is 744 g/mol. The Balaban J connectivity index is 0. The molecule has 0 aliphatic rings. The number of hydrogen-bond donors (Lipinski definition) is 0. The number of rotatable bonds is 0. The van der Waals surface area contributed by atoms with Crippen molar-refractivity contribution in [1.82, 2.24) is 0 Å². The molecule has 17 heavy (non-hydrogen) atoms. The van der Waals surface area contributed by atoms with Crippen molar-refractivity contribution in [2.24, 2.45) is 0 Å². The molecule has 0 saturated heterocycles. The second-order valence-corrected chi connectivity index (χ2v) is 0. The Labute approximate surface area is 238 Å². The third kappa shape index (κ3) is 263. The van der Waals surface area contributed by atoms with Crippen LogP contribution in [0.3, 0.4) is 0 Å². The topological polar surface area (TPSA) is 314 Å². The van der Waals surface area contributed by atoms with Crippen molar-refractivity contribution in [1.29, 1.82) is 0 Å². The molecule has 11 nitrogen and oxygen atoms in total. The van der Waals surface area contributed by atoms with E-state index in [0.29, 0.717) is 0 Å². The molecule has 0 aromatic carbocycles. The molecular formula is Nd2O11V2Y2-10. The van der Waals surface area contributed by atoms with Gasteiger partial charge >= 0.3 is 147 Å². The summed E-state index contributed by atoms with van der Waals surface area (Å²) in [5, 5.41) is 0. The summed E-state index contributed by atoms with van der Waals surface area (Å²) in [5.74, 6) is 0. The Morgan fingerprint density at radius 2 is 0.235 bits per heavy atom. The first-order valence-electron chi connectivity index (χ1n) is 0. The Bertz CT molecular complexity index is 25.4. The van der Waals surface area contributed by atoms with Crippen LogP contribution < -0.4 is 0 Å². The van der Waals surface area contributed by atoms with Crippen LogP contribution >= 0.6 is 0 Å². The van der Waals surface area contributed by atoms with Gasteiger partial charge in [0, 0.05) is 37.1 Å². The molecule has 0 amide bonds. The van der Waals surface area contributed by atoms with Crippen LogP contribution in [0.25, 0.3) is 0 Å². The molecule has 17 heteroatoms. The summed E-state index contributed by atoms with van der Waals surface area (Å²) in [6.07, 6.45) is 0. The van der Waals surface area contributed by atoms with Gasteiger partial charge in [0.15, 0.2) is 0 Å². The van der Waals surface area contributed by atoms with Crippen LogP contribution in [0.2, 0.25) is 0 Å². The summed E-state index contributed by atoms with van der Waals surface area (Å²) in [5.41, 5.74) is 0. The van der Waals surface area contributed by atoms with E-state index in [1.165, 1.54) is 0 Å². The molecule has 0 unspecified atom stereocenters. The van der Waals surface area contributed by atoms with E-state index in [1.807, 2.05) is 0 Å². The standard InChI is InChI=1S/2Nd.11O.2V.2Y/q2*+3;11*-2;;;2*+3. The maximum Gasteiger partial charge on any atom is 3.00 e. The van der Waals surface area contributed by atoms with Crippen molar-refractivity contribution in [2.45, 2.75) is 0 Å². The van der Waals surface area contributed by atoms with Crippen molar-refractivity contribution in [3.8, 4) is 0 Å². The zero-order valence-corrected chi connectivity index (χ0v) is 22.4. The van der Waals surface area contributed by atoms with Gasteiger partial charge in [0.2, 0.25) is 0 Å². The van der Waals surface area contributed by atoms with Gasteiger partial charge in [-0.2, -0.15) is 0 Å². The molecule has 0 bridgehead atoms. The summed E-state index contributed by atoms with van der Waals surface area (Å²) in [6.45, 7) is 0. The Kier molecular flexibility index (Phi) is 5690. The second-order valence-electron chi connectivity index (χ2n) is 0. The maximum absolute atomic E-state index is 0. The molecule has 0 aromatic rings. The summed E-state index contributed by atoms with van der Waals surface area (Å²) < 4.78 is 0. The van der Waals surface area contributed by atoms with E-state index in [-0.39, 0.29) is 244 Å². The van der Waals surface area contributed by atoms with Crippen molar-refractivity contribution < 1.29 is 244 Å². The molecule has 0 aromatic heterocycles. The molecule has 0 atom stereocenters. The molecule has 0 saturated carbocycles. The predicted molar refractivity (Wildman–Crippen MR) is 7.55 cm³/mol. The van der Waals surface area contributed by atoms with E-state index >= 15 is 0 Å². The molecule has 0 spiro atoms. The van der Waals surface area contributed by atoms with Crippen molar-refractivity contribution in [2.75, 3.05) is 0 Å². The third-order valence-electron chi connectivity index (χ3n) is 0. The van der Waals surface area contributed by atoms with Gasteiger partial charge < -0.3 is 60.2 Å². The van der Waals surface area contributed by atoms with Crippen LogP contribution in [0.5, 0.6) is 0 Å². The molecule has 4 radical (unpaired) electrons. The van der Waals surface area contributed by atoms with Gasteiger partial charge in [-0.3, -0.25) is 0 Å². The van der Waals surface area contributed by atoms with Gasteiger partial charge in [-0.15, -0.1) is 0 Å². The Morgan fingerprint density at radius 1 is 0.235 bits per heavy atom. The fourth-order valence-electron chi connectivity index (χ4n) is 0. The van der Waals surface area contributed by atoms with E-state index in [4.69, 9.17) is 0 Å². The average Bonchev–Trinajstić information content (AvgIpc) is 0. The summed E-state index contributed by atoms with van der Waals surface area (Å²) in [7, 11) is 0. The van der Waals surface area contributed by atoms with E-state index in [0.717, 1.165) is 0 Å². The van der Waals surface area contributed by atoms with E-state index in [1.54, 1.807) is 0 Å². The van der Waals surface area contributed by atoms with Crippen molar-refractivity contribution in [3.05, 3.63) is 0 Å². The van der Waals surface area contributed by atoms with E-state index < -0.39 is 0 Å². The van der Waals surface area contributed by atoms with Gasteiger partial charge in [0.25, 0.3) is 0 Å². The van der Waals surface area contributed by atoms with E-state index in [2.05, 4.69) is 0 Å². The van der Waals surface area contributed by atoms with Crippen LogP contribution in [0.15, 0.2) is 0 Å². The second kappa shape index (κ2) is 290. The normalized spacial score (nSPS) is 0. The van der Waals surface area contributed by atoms with Crippen LogP contribution in [-0.4, -0.2) is 0 Å². The summed E-state index contributed by atoms with van der Waals surface area (Å²) in [6, 6.07) is 0. The van der Waals surface area contributed by atoms with Crippen LogP contribution in [0.1, 0.15) is 0 Å². The molecule has 0 N–H and O–H groups in total. The van der Waals surface area contributed by atoms with Crippen LogP contribution in [0.4, 0.5) is 0 Å². The summed E-state index contributed by atoms with van der Waals surface area (Å²) >= 11 is 0. The first kappa shape index (κ1) is 333. The number of hydrogen-bond acceptors (Lipinski definition) is 0. The minimum atomic E-state index is 0. The van der Waals surface area contributed by atoms with Gasteiger partial charge in [0.1, 0.15) is 0 Å². The average molecular weight is 744 g/mol. The quantitative estimate of drug-likeness (QED) is 0.279. The monoisotopic (exact) mass is 739 g/mol. The smallest absolute Gasteiger partial charge is 2.00 e. The first-order chi connectivity index (χ1) is 0. The molecule has 0 aliphatic heterocycles. The third-order valence-corrected chi connectivity index (χ3v) is 0. The first-order valence-corrected chi connectivity index (χ1v) is 0. The Morgan fingerprint density at radius 3 is 0.235 bits per heavy atom. The van der Waals surface area contributed by atoms with Gasteiger partial charge in [-0.05, 0) is 0 Å². The van der Waals surface area contributed by atoms with Crippen LogP contribution in [0, 0.1) is 81.7 Å². The van der Waals surface area contributed by atoms with Crippen molar-refractivity contribution in [3.63, 3.8) is 0 Å².